The molecule has 0 bridgehead atoms. The third-order valence-electron chi connectivity index (χ3n) is 4.36. The first kappa shape index (κ1) is 12.7. The fraction of sp³-hybridized carbons (Fsp3) is 0.105. The summed E-state index contributed by atoms with van der Waals surface area (Å²) in [4.78, 5) is 13.5. The monoisotopic (exact) mass is 298 g/mol. The molecule has 1 unspecified atom stereocenters. The first-order valence-electron chi connectivity index (χ1n) is 7.72. The SMILES string of the molecule is c1ccc2c(-c3cc4ncnc(C5CN5)c4cn3)cccc2c1. The van der Waals surface area contributed by atoms with Gasteiger partial charge in [0, 0.05) is 23.7 Å². The summed E-state index contributed by atoms with van der Waals surface area (Å²) in [6.45, 7) is 0.983. The molecule has 23 heavy (non-hydrogen) atoms. The van der Waals surface area contributed by atoms with Gasteiger partial charge in [0.1, 0.15) is 6.33 Å². The Bertz CT molecular complexity index is 1030. The third kappa shape index (κ3) is 2.07. The fourth-order valence-electron chi connectivity index (χ4n) is 3.10. The van der Waals surface area contributed by atoms with E-state index in [1.165, 1.54) is 10.8 Å². The van der Waals surface area contributed by atoms with Gasteiger partial charge in [0.25, 0.3) is 0 Å². The highest BCUT2D eigenvalue weighted by molar-refractivity contribution is 5.97. The highest BCUT2D eigenvalue weighted by Crippen LogP contribution is 2.31. The molecule has 3 heterocycles. The lowest BCUT2D eigenvalue weighted by Gasteiger charge is -2.08. The van der Waals surface area contributed by atoms with Crippen LogP contribution in [0.5, 0.6) is 0 Å². The van der Waals surface area contributed by atoms with E-state index in [1.54, 1.807) is 6.33 Å². The van der Waals surface area contributed by atoms with Crippen molar-refractivity contribution in [2.24, 2.45) is 0 Å². The Morgan fingerprint density at radius 2 is 1.78 bits per heavy atom. The average molecular weight is 298 g/mol. The van der Waals surface area contributed by atoms with Crippen LogP contribution in [0.15, 0.2) is 61.1 Å². The minimum absolute atomic E-state index is 0.353. The number of pyridine rings is 1. The molecule has 1 N–H and O–H groups in total. The van der Waals surface area contributed by atoms with Crippen molar-refractivity contribution in [1.82, 2.24) is 20.3 Å². The number of hydrogen-bond acceptors (Lipinski definition) is 4. The molecule has 0 amide bonds. The van der Waals surface area contributed by atoms with Crippen LogP contribution in [0.4, 0.5) is 0 Å². The van der Waals surface area contributed by atoms with E-state index in [2.05, 4.69) is 63.8 Å². The maximum absolute atomic E-state index is 4.69. The number of fused-ring (bicyclic) bond motifs is 2. The van der Waals surface area contributed by atoms with Gasteiger partial charge in [-0.05, 0) is 16.8 Å². The Balaban J connectivity index is 1.74. The van der Waals surface area contributed by atoms with E-state index in [4.69, 9.17) is 4.98 Å². The molecular formula is C19H14N4. The molecule has 1 aliphatic heterocycles. The number of aromatic nitrogens is 3. The Kier molecular flexibility index (Phi) is 2.66. The lowest BCUT2D eigenvalue weighted by atomic mass is 10.0. The van der Waals surface area contributed by atoms with Crippen molar-refractivity contribution in [2.75, 3.05) is 6.54 Å². The van der Waals surface area contributed by atoms with E-state index >= 15 is 0 Å². The Morgan fingerprint density at radius 1 is 0.913 bits per heavy atom. The van der Waals surface area contributed by atoms with E-state index in [1.807, 2.05) is 6.20 Å². The first-order chi connectivity index (χ1) is 11.4. The fourth-order valence-corrected chi connectivity index (χ4v) is 3.10. The van der Waals surface area contributed by atoms with Crippen LogP contribution in [0.1, 0.15) is 11.7 Å². The van der Waals surface area contributed by atoms with Crippen LogP contribution in [0.3, 0.4) is 0 Å². The van der Waals surface area contributed by atoms with Crippen LogP contribution < -0.4 is 5.32 Å². The molecular weight excluding hydrogens is 284 g/mol. The van der Waals surface area contributed by atoms with Gasteiger partial charge in [0.05, 0.1) is 22.9 Å². The van der Waals surface area contributed by atoms with Gasteiger partial charge < -0.3 is 5.32 Å². The van der Waals surface area contributed by atoms with Gasteiger partial charge in [-0.15, -0.1) is 0 Å². The first-order valence-corrected chi connectivity index (χ1v) is 7.72. The molecule has 0 saturated carbocycles. The van der Waals surface area contributed by atoms with Gasteiger partial charge in [-0.25, -0.2) is 9.97 Å². The largest absolute Gasteiger partial charge is 0.306 e. The lowest BCUT2D eigenvalue weighted by molar-refractivity contribution is 0.991. The van der Waals surface area contributed by atoms with Gasteiger partial charge in [-0.1, -0.05) is 42.5 Å². The van der Waals surface area contributed by atoms with Crippen LogP contribution in [0, 0.1) is 0 Å². The summed E-state index contributed by atoms with van der Waals surface area (Å²) in [6, 6.07) is 17.1. The molecule has 0 aliphatic carbocycles. The lowest BCUT2D eigenvalue weighted by Crippen LogP contribution is -1.96. The minimum Gasteiger partial charge on any atom is -0.306 e. The van der Waals surface area contributed by atoms with Crippen LogP contribution in [0.2, 0.25) is 0 Å². The van der Waals surface area contributed by atoms with Crippen LogP contribution in [-0.4, -0.2) is 21.5 Å². The summed E-state index contributed by atoms with van der Waals surface area (Å²) in [5.74, 6) is 0. The van der Waals surface area contributed by atoms with E-state index in [9.17, 15) is 0 Å². The summed E-state index contributed by atoms with van der Waals surface area (Å²) in [5.41, 5.74) is 4.08. The smallest absolute Gasteiger partial charge is 0.116 e. The zero-order valence-electron chi connectivity index (χ0n) is 12.4. The minimum atomic E-state index is 0.353. The van der Waals surface area contributed by atoms with Crippen molar-refractivity contribution in [3.8, 4) is 11.3 Å². The predicted molar refractivity (Wildman–Crippen MR) is 91.0 cm³/mol. The molecule has 2 aromatic carbocycles. The third-order valence-corrected chi connectivity index (χ3v) is 4.36. The maximum Gasteiger partial charge on any atom is 0.116 e. The van der Waals surface area contributed by atoms with Crippen LogP contribution in [-0.2, 0) is 0 Å². The van der Waals surface area contributed by atoms with Crippen molar-refractivity contribution < 1.29 is 0 Å². The average Bonchev–Trinajstić information content (AvgIpc) is 3.45. The molecule has 1 aliphatic rings. The number of nitrogens with one attached hydrogen (secondary N) is 1. The Labute approximate surface area is 133 Å². The molecule has 1 atom stereocenters. The Hall–Kier alpha value is -2.85. The standard InChI is InChI=1S/C19H14N4/c1-2-6-13-12(4-1)5-3-7-14(13)16-8-17-15(9-20-16)19(18-10-21-18)23-11-22-17/h1-9,11,18,21H,10H2. The quantitative estimate of drug-likeness (QED) is 0.575. The zero-order valence-corrected chi connectivity index (χ0v) is 12.4. The summed E-state index contributed by atoms with van der Waals surface area (Å²) >= 11 is 0. The van der Waals surface area contributed by atoms with Crippen molar-refractivity contribution in [3.63, 3.8) is 0 Å². The summed E-state index contributed by atoms with van der Waals surface area (Å²) in [5, 5.41) is 6.76. The molecule has 4 heteroatoms. The molecule has 0 spiro atoms. The van der Waals surface area contributed by atoms with Gasteiger partial charge in [-0.3, -0.25) is 4.98 Å². The zero-order chi connectivity index (χ0) is 15.2. The van der Waals surface area contributed by atoms with Gasteiger partial charge in [0.15, 0.2) is 0 Å². The second kappa shape index (κ2) is 4.83. The van der Waals surface area contributed by atoms with E-state index in [0.29, 0.717) is 6.04 Å². The topological polar surface area (TPSA) is 60.6 Å². The van der Waals surface area contributed by atoms with Crippen molar-refractivity contribution in [3.05, 3.63) is 66.7 Å². The van der Waals surface area contributed by atoms with Crippen LogP contribution >= 0.6 is 0 Å². The second-order valence-electron chi connectivity index (χ2n) is 5.83. The van der Waals surface area contributed by atoms with Gasteiger partial charge >= 0.3 is 0 Å². The van der Waals surface area contributed by atoms with Crippen molar-refractivity contribution >= 4 is 21.7 Å². The molecule has 110 valence electrons. The number of rotatable bonds is 2. The van der Waals surface area contributed by atoms with E-state index < -0.39 is 0 Å². The molecule has 4 nitrogen and oxygen atoms in total. The number of hydrogen-bond donors (Lipinski definition) is 1. The van der Waals surface area contributed by atoms with E-state index in [0.717, 1.165) is 34.4 Å². The number of benzene rings is 2. The highest BCUT2D eigenvalue weighted by Gasteiger charge is 2.26. The normalized spacial score (nSPS) is 16.8. The summed E-state index contributed by atoms with van der Waals surface area (Å²) in [7, 11) is 0. The Morgan fingerprint density at radius 3 is 2.70 bits per heavy atom. The molecule has 1 fully saturated rings. The second-order valence-corrected chi connectivity index (χ2v) is 5.83. The van der Waals surface area contributed by atoms with Crippen LogP contribution in [0.25, 0.3) is 32.9 Å². The molecule has 0 radical (unpaired) electrons. The predicted octanol–water partition coefficient (Wildman–Crippen LogP) is 3.49. The van der Waals surface area contributed by atoms with Gasteiger partial charge in [0.2, 0.25) is 0 Å². The molecule has 5 rings (SSSR count). The number of nitrogens with zero attached hydrogens (tertiary/aromatic N) is 3. The van der Waals surface area contributed by atoms with Crippen molar-refractivity contribution in [1.29, 1.82) is 0 Å². The summed E-state index contributed by atoms with van der Waals surface area (Å²) < 4.78 is 0. The molecule has 2 aromatic heterocycles. The summed E-state index contributed by atoms with van der Waals surface area (Å²) in [6.07, 6.45) is 3.55. The molecule has 4 aromatic rings. The van der Waals surface area contributed by atoms with Crippen molar-refractivity contribution in [2.45, 2.75) is 6.04 Å². The maximum atomic E-state index is 4.69. The van der Waals surface area contributed by atoms with Gasteiger partial charge in [-0.2, -0.15) is 0 Å². The highest BCUT2D eigenvalue weighted by atomic mass is 15.1. The molecule has 1 saturated heterocycles. The van der Waals surface area contributed by atoms with E-state index in [-0.39, 0.29) is 0 Å².